The van der Waals surface area contributed by atoms with E-state index in [1.807, 2.05) is 6.92 Å². The Morgan fingerprint density at radius 2 is 2.13 bits per heavy atom. The summed E-state index contributed by atoms with van der Waals surface area (Å²) < 4.78 is 5.16. The molecule has 1 heterocycles. The number of likely N-dealkylation sites (tertiary alicyclic amines) is 1. The SMILES string of the molecule is CCCN(CC)CCNC(=NC)N1CCCC(C(=O)OCC)C1. The van der Waals surface area contributed by atoms with E-state index in [1.165, 1.54) is 6.42 Å². The smallest absolute Gasteiger partial charge is 0.310 e. The van der Waals surface area contributed by atoms with E-state index < -0.39 is 0 Å². The molecule has 1 aliphatic rings. The van der Waals surface area contributed by atoms with Gasteiger partial charge in [0.05, 0.1) is 12.5 Å². The molecule has 1 saturated heterocycles. The average molecular weight is 326 g/mol. The fraction of sp³-hybridized carbons (Fsp3) is 0.882. The number of nitrogens with zero attached hydrogens (tertiary/aromatic N) is 3. The minimum Gasteiger partial charge on any atom is -0.466 e. The van der Waals surface area contributed by atoms with Crippen molar-refractivity contribution in [2.24, 2.45) is 10.9 Å². The topological polar surface area (TPSA) is 57.2 Å². The number of hydrogen-bond acceptors (Lipinski definition) is 4. The Morgan fingerprint density at radius 1 is 1.35 bits per heavy atom. The van der Waals surface area contributed by atoms with Gasteiger partial charge >= 0.3 is 5.97 Å². The number of esters is 1. The molecule has 0 amide bonds. The fourth-order valence-electron chi connectivity index (χ4n) is 3.02. The van der Waals surface area contributed by atoms with Gasteiger partial charge in [0.1, 0.15) is 0 Å². The van der Waals surface area contributed by atoms with Crippen LogP contribution in [0.5, 0.6) is 0 Å². The number of carbonyl (C=O) groups excluding carboxylic acids is 1. The van der Waals surface area contributed by atoms with Crippen molar-refractivity contribution in [3.63, 3.8) is 0 Å². The Kier molecular flexibility index (Phi) is 9.67. The van der Waals surface area contributed by atoms with Crippen molar-refractivity contribution in [2.75, 3.05) is 52.9 Å². The van der Waals surface area contributed by atoms with Crippen molar-refractivity contribution < 1.29 is 9.53 Å². The third-order valence-electron chi connectivity index (χ3n) is 4.25. The first-order valence-electron chi connectivity index (χ1n) is 9.00. The summed E-state index contributed by atoms with van der Waals surface area (Å²) in [5.74, 6) is 0.786. The number of likely N-dealkylation sites (N-methyl/N-ethyl adjacent to an activating group) is 1. The van der Waals surface area contributed by atoms with Gasteiger partial charge in [-0.15, -0.1) is 0 Å². The van der Waals surface area contributed by atoms with E-state index >= 15 is 0 Å². The van der Waals surface area contributed by atoms with Gasteiger partial charge in [0.25, 0.3) is 0 Å². The van der Waals surface area contributed by atoms with E-state index in [1.54, 1.807) is 7.05 Å². The van der Waals surface area contributed by atoms with Gasteiger partial charge in [-0.05, 0) is 39.3 Å². The third kappa shape index (κ3) is 6.77. The van der Waals surface area contributed by atoms with Gasteiger partial charge in [-0.2, -0.15) is 0 Å². The number of ether oxygens (including phenoxy) is 1. The second-order valence-electron chi connectivity index (χ2n) is 5.95. The summed E-state index contributed by atoms with van der Waals surface area (Å²) in [6, 6.07) is 0. The van der Waals surface area contributed by atoms with Crippen molar-refractivity contribution in [1.82, 2.24) is 15.1 Å². The molecule has 6 nitrogen and oxygen atoms in total. The Labute approximate surface area is 141 Å². The molecule has 6 heteroatoms. The van der Waals surface area contributed by atoms with Crippen LogP contribution in [-0.4, -0.2) is 74.7 Å². The van der Waals surface area contributed by atoms with Crippen molar-refractivity contribution >= 4 is 11.9 Å². The van der Waals surface area contributed by atoms with Crippen LogP contribution in [0, 0.1) is 5.92 Å². The highest BCUT2D eigenvalue weighted by Crippen LogP contribution is 2.18. The van der Waals surface area contributed by atoms with Crippen molar-refractivity contribution in [3.05, 3.63) is 0 Å². The second kappa shape index (κ2) is 11.3. The predicted octanol–water partition coefficient (Wildman–Crippen LogP) is 1.57. The van der Waals surface area contributed by atoms with Crippen LogP contribution in [0.1, 0.15) is 40.0 Å². The van der Waals surface area contributed by atoms with Crippen LogP contribution in [0.3, 0.4) is 0 Å². The van der Waals surface area contributed by atoms with Gasteiger partial charge in [-0.1, -0.05) is 13.8 Å². The van der Waals surface area contributed by atoms with Gasteiger partial charge in [0.15, 0.2) is 5.96 Å². The quantitative estimate of drug-likeness (QED) is 0.417. The molecule has 1 N–H and O–H groups in total. The fourth-order valence-corrected chi connectivity index (χ4v) is 3.02. The lowest BCUT2D eigenvalue weighted by Crippen LogP contribution is -2.49. The molecule has 1 rings (SSSR count). The number of guanidine groups is 1. The molecule has 134 valence electrons. The highest BCUT2D eigenvalue weighted by molar-refractivity contribution is 5.81. The second-order valence-corrected chi connectivity index (χ2v) is 5.95. The molecule has 1 unspecified atom stereocenters. The summed E-state index contributed by atoms with van der Waals surface area (Å²) in [6.07, 6.45) is 3.09. The molecule has 0 aromatic carbocycles. The van der Waals surface area contributed by atoms with Gasteiger partial charge < -0.3 is 19.9 Å². The van der Waals surface area contributed by atoms with E-state index in [4.69, 9.17) is 4.74 Å². The number of carbonyl (C=O) groups is 1. The maximum atomic E-state index is 12.0. The molecule has 1 aliphatic heterocycles. The van der Waals surface area contributed by atoms with Crippen LogP contribution < -0.4 is 5.32 Å². The molecule has 0 bridgehead atoms. The van der Waals surface area contributed by atoms with Crippen LogP contribution in [0.15, 0.2) is 4.99 Å². The van der Waals surface area contributed by atoms with Gasteiger partial charge in [-0.25, -0.2) is 0 Å². The molecular formula is C17H34N4O2. The van der Waals surface area contributed by atoms with E-state index in [2.05, 4.69) is 34.0 Å². The monoisotopic (exact) mass is 326 g/mol. The molecule has 0 radical (unpaired) electrons. The minimum absolute atomic E-state index is 0.0329. The normalized spacial score (nSPS) is 19.1. The molecule has 23 heavy (non-hydrogen) atoms. The van der Waals surface area contributed by atoms with E-state index in [-0.39, 0.29) is 11.9 Å². The minimum atomic E-state index is -0.0762. The summed E-state index contributed by atoms with van der Waals surface area (Å²) in [6.45, 7) is 12.4. The predicted molar refractivity (Wildman–Crippen MR) is 94.7 cm³/mol. The van der Waals surface area contributed by atoms with Crippen molar-refractivity contribution in [2.45, 2.75) is 40.0 Å². The molecular weight excluding hydrogens is 292 g/mol. The van der Waals surface area contributed by atoms with Crippen LogP contribution in [0.25, 0.3) is 0 Å². The lowest BCUT2D eigenvalue weighted by molar-refractivity contribution is -0.149. The number of nitrogens with one attached hydrogen (secondary N) is 1. The largest absolute Gasteiger partial charge is 0.466 e. The highest BCUT2D eigenvalue weighted by atomic mass is 16.5. The van der Waals surface area contributed by atoms with Crippen LogP contribution in [0.2, 0.25) is 0 Å². The maximum Gasteiger partial charge on any atom is 0.310 e. The zero-order chi connectivity index (χ0) is 17.1. The van der Waals surface area contributed by atoms with Crippen molar-refractivity contribution in [1.29, 1.82) is 0 Å². The zero-order valence-electron chi connectivity index (χ0n) is 15.3. The molecule has 0 spiro atoms. The number of aliphatic imine (C=N–C) groups is 1. The summed E-state index contributed by atoms with van der Waals surface area (Å²) >= 11 is 0. The molecule has 0 aromatic heterocycles. The zero-order valence-corrected chi connectivity index (χ0v) is 15.3. The first kappa shape index (κ1) is 19.7. The number of hydrogen-bond donors (Lipinski definition) is 1. The third-order valence-corrected chi connectivity index (χ3v) is 4.25. The lowest BCUT2D eigenvalue weighted by atomic mass is 9.98. The molecule has 1 atom stereocenters. The first-order chi connectivity index (χ1) is 11.2. The number of piperidine rings is 1. The Balaban J connectivity index is 2.46. The average Bonchev–Trinajstić information content (AvgIpc) is 2.58. The van der Waals surface area contributed by atoms with Crippen molar-refractivity contribution in [3.8, 4) is 0 Å². The lowest BCUT2D eigenvalue weighted by Gasteiger charge is -2.34. The summed E-state index contributed by atoms with van der Waals surface area (Å²) in [5.41, 5.74) is 0. The van der Waals surface area contributed by atoms with Crippen LogP contribution in [0.4, 0.5) is 0 Å². The van der Waals surface area contributed by atoms with E-state index in [9.17, 15) is 4.79 Å². The van der Waals surface area contributed by atoms with Gasteiger partial charge in [0, 0.05) is 33.2 Å². The summed E-state index contributed by atoms with van der Waals surface area (Å²) in [4.78, 5) is 20.9. The molecule has 1 fully saturated rings. The Bertz CT molecular complexity index is 374. The van der Waals surface area contributed by atoms with Gasteiger partial charge in [0.2, 0.25) is 0 Å². The van der Waals surface area contributed by atoms with Gasteiger partial charge in [-0.3, -0.25) is 9.79 Å². The first-order valence-corrected chi connectivity index (χ1v) is 9.00. The summed E-state index contributed by atoms with van der Waals surface area (Å²) in [7, 11) is 1.81. The van der Waals surface area contributed by atoms with Crippen LogP contribution >= 0.6 is 0 Å². The van der Waals surface area contributed by atoms with E-state index in [0.717, 1.165) is 51.5 Å². The molecule has 0 aliphatic carbocycles. The number of rotatable bonds is 8. The standard InChI is InChI=1S/C17H34N4O2/c1-5-11-20(6-2)13-10-19-17(18-4)21-12-8-9-15(14-21)16(22)23-7-3/h15H,5-14H2,1-4H3,(H,18,19). The Hall–Kier alpha value is -1.30. The molecule has 0 saturated carbocycles. The molecule has 0 aromatic rings. The van der Waals surface area contributed by atoms with Crippen LogP contribution in [-0.2, 0) is 9.53 Å². The summed E-state index contributed by atoms with van der Waals surface area (Å²) in [5, 5.41) is 3.44. The Morgan fingerprint density at radius 3 is 2.74 bits per heavy atom. The highest BCUT2D eigenvalue weighted by Gasteiger charge is 2.28. The van der Waals surface area contributed by atoms with E-state index in [0.29, 0.717) is 13.2 Å². The maximum absolute atomic E-state index is 12.0.